The molecule has 122 valence electrons. The van der Waals surface area contributed by atoms with E-state index in [-0.39, 0.29) is 13.2 Å². The van der Waals surface area contributed by atoms with Gasteiger partial charge in [0, 0.05) is 0 Å². The first-order chi connectivity index (χ1) is 10.5. The summed E-state index contributed by atoms with van der Waals surface area (Å²) in [6.07, 6.45) is -1.76. The smallest absolute Gasteiger partial charge is 0.190 e. The van der Waals surface area contributed by atoms with Gasteiger partial charge in [0.1, 0.15) is 17.8 Å². The molecule has 3 rings (SSSR count). The van der Waals surface area contributed by atoms with Crippen LogP contribution in [0.2, 0.25) is 0 Å². The lowest BCUT2D eigenvalue weighted by Crippen LogP contribution is -2.52. The number of aliphatic hydroxyl groups excluding tert-OH is 2. The van der Waals surface area contributed by atoms with Crippen molar-refractivity contribution >= 4 is 0 Å². The topological polar surface area (TPSA) is 77.4 Å². The number of aliphatic hydroxyl groups is 2. The summed E-state index contributed by atoms with van der Waals surface area (Å²) in [6, 6.07) is 9.68. The minimum Gasteiger partial charge on any atom is -0.393 e. The monoisotopic (exact) mass is 310 g/mol. The van der Waals surface area contributed by atoms with Crippen LogP contribution < -0.4 is 0 Å². The quantitative estimate of drug-likeness (QED) is 0.838. The van der Waals surface area contributed by atoms with E-state index in [1.807, 2.05) is 30.3 Å². The zero-order chi connectivity index (χ0) is 15.8. The Morgan fingerprint density at radius 1 is 1.05 bits per heavy atom. The fourth-order valence-corrected chi connectivity index (χ4v) is 2.96. The average molecular weight is 310 g/mol. The Morgan fingerprint density at radius 3 is 2.36 bits per heavy atom. The summed E-state index contributed by atoms with van der Waals surface area (Å²) < 4.78 is 23.2. The third-order valence-electron chi connectivity index (χ3n) is 4.06. The Bertz CT molecular complexity index is 499. The highest BCUT2D eigenvalue weighted by Crippen LogP contribution is 2.43. The molecule has 3 atom stereocenters. The molecule has 0 radical (unpaired) electrons. The van der Waals surface area contributed by atoms with Crippen molar-refractivity contribution in [1.29, 1.82) is 0 Å². The van der Waals surface area contributed by atoms with Gasteiger partial charge in [0.25, 0.3) is 0 Å². The predicted octanol–water partition coefficient (Wildman–Crippen LogP) is 0.803. The first-order valence-electron chi connectivity index (χ1n) is 7.40. The molecule has 1 aromatic rings. The van der Waals surface area contributed by atoms with Crippen molar-refractivity contribution in [2.24, 2.45) is 0 Å². The van der Waals surface area contributed by atoms with Crippen LogP contribution in [-0.2, 0) is 25.6 Å². The highest BCUT2D eigenvalue weighted by atomic mass is 16.8. The Morgan fingerprint density at radius 2 is 1.73 bits per heavy atom. The van der Waals surface area contributed by atoms with E-state index in [9.17, 15) is 10.2 Å². The van der Waals surface area contributed by atoms with Crippen molar-refractivity contribution < 1.29 is 29.2 Å². The summed E-state index contributed by atoms with van der Waals surface area (Å²) in [5.41, 5.74) is -0.227. The number of hydrogen-bond acceptors (Lipinski definition) is 6. The fourth-order valence-electron chi connectivity index (χ4n) is 2.96. The minimum atomic E-state index is -1.22. The molecule has 0 saturated carbocycles. The van der Waals surface area contributed by atoms with Crippen molar-refractivity contribution in [3.63, 3.8) is 0 Å². The number of rotatable bonds is 5. The molecule has 2 aliphatic rings. The van der Waals surface area contributed by atoms with Gasteiger partial charge in [-0.15, -0.1) is 0 Å². The van der Waals surface area contributed by atoms with Gasteiger partial charge in [-0.1, -0.05) is 30.3 Å². The van der Waals surface area contributed by atoms with Gasteiger partial charge in [-0.3, -0.25) is 0 Å². The molecule has 2 fully saturated rings. The molecule has 22 heavy (non-hydrogen) atoms. The zero-order valence-electron chi connectivity index (χ0n) is 12.8. The van der Waals surface area contributed by atoms with E-state index in [2.05, 4.69) is 0 Å². The molecule has 2 aliphatic heterocycles. The Balaban J connectivity index is 1.77. The third kappa shape index (κ3) is 2.78. The maximum Gasteiger partial charge on any atom is 0.190 e. The van der Waals surface area contributed by atoms with Crippen molar-refractivity contribution in [2.75, 3.05) is 13.2 Å². The van der Waals surface area contributed by atoms with Crippen molar-refractivity contribution in [3.05, 3.63) is 35.9 Å². The second kappa shape index (κ2) is 5.88. The van der Waals surface area contributed by atoms with Crippen LogP contribution in [0, 0.1) is 0 Å². The molecule has 2 saturated heterocycles. The van der Waals surface area contributed by atoms with Gasteiger partial charge in [0.2, 0.25) is 0 Å². The summed E-state index contributed by atoms with van der Waals surface area (Å²) in [5, 5.41) is 19.4. The second-order valence-electron chi connectivity index (χ2n) is 6.18. The SMILES string of the molecule is CC1(C)O[C@H]2OC(CO)(CO)[C@H](OCc3ccccc3)[C@H]2O1. The largest absolute Gasteiger partial charge is 0.393 e. The third-order valence-corrected chi connectivity index (χ3v) is 4.06. The minimum absolute atomic E-state index is 0.337. The van der Waals surface area contributed by atoms with E-state index in [0.717, 1.165) is 5.56 Å². The molecular weight excluding hydrogens is 288 g/mol. The number of fused-ring (bicyclic) bond motifs is 1. The number of ether oxygens (including phenoxy) is 4. The maximum absolute atomic E-state index is 9.69. The highest BCUT2D eigenvalue weighted by molar-refractivity contribution is 5.14. The molecule has 6 nitrogen and oxygen atoms in total. The molecule has 1 aromatic carbocycles. The maximum atomic E-state index is 9.69. The van der Waals surface area contributed by atoms with E-state index >= 15 is 0 Å². The Labute approximate surface area is 129 Å². The van der Waals surface area contributed by atoms with Crippen molar-refractivity contribution in [3.8, 4) is 0 Å². The highest BCUT2D eigenvalue weighted by Gasteiger charge is 2.62. The molecular formula is C16H22O6. The van der Waals surface area contributed by atoms with Gasteiger partial charge < -0.3 is 29.2 Å². The standard InChI is InChI=1S/C16H22O6/c1-15(2)20-12-13(19-8-11-6-4-3-5-7-11)16(9-17,10-18)22-14(12)21-15/h3-7,12-14,17-18H,8-10H2,1-2H3/t12-,13-,14+/m1/s1. The molecule has 6 heteroatoms. The van der Waals surface area contributed by atoms with Crippen LogP contribution in [-0.4, -0.2) is 53.3 Å². The lowest BCUT2D eigenvalue weighted by atomic mass is 9.97. The summed E-state index contributed by atoms with van der Waals surface area (Å²) >= 11 is 0. The van der Waals surface area contributed by atoms with Crippen molar-refractivity contribution in [2.45, 2.75) is 50.3 Å². The van der Waals surface area contributed by atoms with E-state index in [0.29, 0.717) is 6.61 Å². The molecule has 2 heterocycles. The van der Waals surface area contributed by atoms with Crippen LogP contribution in [0.15, 0.2) is 30.3 Å². The van der Waals surface area contributed by atoms with E-state index < -0.39 is 29.9 Å². The summed E-state index contributed by atoms with van der Waals surface area (Å²) in [6.45, 7) is 3.18. The Hall–Kier alpha value is -1.02. The summed E-state index contributed by atoms with van der Waals surface area (Å²) in [7, 11) is 0. The van der Waals surface area contributed by atoms with Crippen molar-refractivity contribution in [1.82, 2.24) is 0 Å². The number of benzene rings is 1. The lowest BCUT2D eigenvalue weighted by molar-refractivity contribution is -0.258. The predicted molar refractivity (Wildman–Crippen MR) is 76.8 cm³/mol. The normalized spacial score (nSPS) is 32.1. The second-order valence-corrected chi connectivity index (χ2v) is 6.18. The van der Waals surface area contributed by atoms with Gasteiger partial charge in [-0.05, 0) is 19.4 Å². The van der Waals surface area contributed by atoms with Crippen LogP contribution in [0.1, 0.15) is 19.4 Å². The molecule has 0 aromatic heterocycles. The number of hydrogen-bond donors (Lipinski definition) is 2. The van der Waals surface area contributed by atoms with Crippen LogP contribution in [0.4, 0.5) is 0 Å². The molecule has 2 N–H and O–H groups in total. The fraction of sp³-hybridized carbons (Fsp3) is 0.625. The summed E-state index contributed by atoms with van der Waals surface area (Å²) in [5.74, 6) is -0.777. The molecule has 0 amide bonds. The van der Waals surface area contributed by atoms with E-state index in [4.69, 9.17) is 18.9 Å². The zero-order valence-corrected chi connectivity index (χ0v) is 12.8. The van der Waals surface area contributed by atoms with Crippen LogP contribution in [0.5, 0.6) is 0 Å². The first kappa shape index (κ1) is 15.9. The van der Waals surface area contributed by atoms with Gasteiger partial charge in [-0.2, -0.15) is 0 Å². The molecule has 0 spiro atoms. The Kier molecular flexibility index (Phi) is 4.24. The van der Waals surface area contributed by atoms with Gasteiger partial charge >= 0.3 is 0 Å². The van der Waals surface area contributed by atoms with Gasteiger partial charge in [0.15, 0.2) is 12.1 Å². The molecule has 0 bridgehead atoms. The first-order valence-corrected chi connectivity index (χ1v) is 7.40. The van der Waals surface area contributed by atoms with Gasteiger partial charge in [-0.25, -0.2) is 0 Å². The average Bonchev–Trinajstić information content (AvgIpc) is 2.95. The summed E-state index contributed by atoms with van der Waals surface area (Å²) in [4.78, 5) is 0. The van der Waals surface area contributed by atoms with Crippen LogP contribution in [0.25, 0.3) is 0 Å². The van der Waals surface area contributed by atoms with E-state index in [1.165, 1.54) is 0 Å². The van der Waals surface area contributed by atoms with Gasteiger partial charge in [0.05, 0.1) is 19.8 Å². The van der Waals surface area contributed by atoms with E-state index in [1.54, 1.807) is 13.8 Å². The lowest BCUT2D eigenvalue weighted by Gasteiger charge is -2.33. The van der Waals surface area contributed by atoms with Crippen LogP contribution in [0.3, 0.4) is 0 Å². The molecule has 0 unspecified atom stereocenters. The molecule has 0 aliphatic carbocycles. The van der Waals surface area contributed by atoms with Crippen LogP contribution >= 0.6 is 0 Å².